The lowest BCUT2D eigenvalue weighted by molar-refractivity contribution is 0.476. The Hall–Kier alpha value is -1.61. The maximum atomic E-state index is 9.34. The highest BCUT2D eigenvalue weighted by atomic mass is 32.1. The lowest BCUT2D eigenvalue weighted by atomic mass is 10.2. The fourth-order valence-electron chi connectivity index (χ4n) is 1.40. The molecule has 0 atom stereocenters. The molecular weight excluding hydrogens is 218 g/mol. The Morgan fingerprint density at radius 3 is 2.94 bits per heavy atom. The lowest BCUT2D eigenvalue weighted by Gasteiger charge is -1.91. The molecular formula is C13H13NOS. The van der Waals surface area contributed by atoms with Crippen molar-refractivity contribution in [2.75, 3.05) is 0 Å². The molecule has 2 aromatic rings. The first-order valence-corrected chi connectivity index (χ1v) is 5.84. The first-order chi connectivity index (χ1) is 7.66. The molecule has 0 aliphatic heterocycles. The van der Waals surface area contributed by atoms with Crippen LogP contribution in [0.3, 0.4) is 0 Å². The smallest absolute Gasteiger partial charge is 0.117 e. The molecule has 1 aromatic heterocycles. The predicted octanol–water partition coefficient (Wildman–Crippen LogP) is 3.98. The summed E-state index contributed by atoms with van der Waals surface area (Å²) in [4.78, 5) is 0. The molecule has 2 nitrogen and oxygen atoms in total. The minimum atomic E-state index is 0.288. The number of rotatable bonds is 2. The van der Waals surface area contributed by atoms with Crippen LogP contribution in [0.2, 0.25) is 0 Å². The van der Waals surface area contributed by atoms with Crippen LogP contribution in [0.4, 0.5) is 0 Å². The van der Waals surface area contributed by atoms with E-state index < -0.39 is 0 Å². The molecule has 82 valence electrons. The molecule has 0 bridgehead atoms. The first kappa shape index (κ1) is 10.9. The molecule has 0 aliphatic carbocycles. The van der Waals surface area contributed by atoms with E-state index in [0.717, 1.165) is 15.8 Å². The molecule has 1 N–H and O–H groups in total. The van der Waals surface area contributed by atoms with Gasteiger partial charge in [-0.15, -0.1) is 0 Å². The third kappa shape index (κ3) is 2.31. The number of phenolic OH excluding ortho intramolecular Hbond substituents is 1. The van der Waals surface area contributed by atoms with E-state index in [1.165, 1.54) is 17.1 Å². The summed E-state index contributed by atoms with van der Waals surface area (Å²) >= 11 is 1.40. The lowest BCUT2D eigenvalue weighted by Crippen LogP contribution is -1.71. The quantitative estimate of drug-likeness (QED) is 0.793. The van der Waals surface area contributed by atoms with Crippen LogP contribution in [0, 0.1) is 0 Å². The molecule has 1 heterocycles. The number of phenols is 1. The Labute approximate surface area is 98.7 Å². The molecule has 0 saturated heterocycles. The fourth-order valence-corrected chi connectivity index (χ4v) is 2.20. The number of aromatic nitrogens is 1. The summed E-state index contributed by atoms with van der Waals surface area (Å²) in [6, 6.07) is 5.33. The topological polar surface area (TPSA) is 33.1 Å². The van der Waals surface area contributed by atoms with Gasteiger partial charge in [0.25, 0.3) is 0 Å². The van der Waals surface area contributed by atoms with Crippen LogP contribution < -0.4 is 0 Å². The maximum absolute atomic E-state index is 9.34. The van der Waals surface area contributed by atoms with Crippen molar-refractivity contribution >= 4 is 27.7 Å². The third-order valence-corrected chi connectivity index (χ3v) is 2.99. The van der Waals surface area contributed by atoms with Crippen LogP contribution in [-0.4, -0.2) is 9.48 Å². The van der Waals surface area contributed by atoms with Crippen molar-refractivity contribution in [1.82, 2.24) is 4.37 Å². The van der Waals surface area contributed by atoms with Crippen LogP contribution in [-0.2, 0) is 0 Å². The SMILES string of the molecule is CC(C)=C/C=C/c1nsc2cc(O)ccc12. The summed E-state index contributed by atoms with van der Waals surface area (Å²) in [6.07, 6.45) is 6.03. The van der Waals surface area contributed by atoms with Gasteiger partial charge >= 0.3 is 0 Å². The van der Waals surface area contributed by atoms with Crippen molar-refractivity contribution in [3.8, 4) is 5.75 Å². The monoisotopic (exact) mass is 231 g/mol. The molecule has 3 heteroatoms. The zero-order chi connectivity index (χ0) is 11.5. The minimum Gasteiger partial charge on any atom is -0.508 e. The number of nitrogens with zero attached hydrogens (tertiary/aromatic N) is 1. The second-order valence-electron chi connectivity index (χ2n) is 3.85. The zero-order valence-corrected chi connectivity index (χ0v) is 10.1. The molecule has 0 unspecified atom stereocenters. The van der Waals surface area contributed by atoms with E-state index in [2.05, 4.69) is 18.2 Å². The Balaban J connectivity index is 2.39. The summed E-state index contributed by atoms with van der Waals surface area (Å²) in [7, 11) is 0. The van der Waals surface area contributed by atoms with Crippen molar-refractivity contribution in [3.05, 3.63) is 41.6 Å². The molecule has 2 rings (SSSR count). The largest absolute Gasteiger partial charge is 0.508 e. The fraction of sp³-hybridized carbons (Fsp3) is 0.154. The predicted molar refractivity (Wildman–Crippen MR) is 69.7 cm³/mol. The summed E-state index contributed by atoms with van der Waals surface area (Å²) < 4.78 is 5.36. The second kappa shape index (κ2) is 4.49. The van der Waals surface area contributed by atoms with Gasteiger partial charge in [-0.3, -0.25) is 0 Å². The number of benzene rings is 1. The maximum Gasteiger partial charge on any atom is 0.117 e. The van der Waals surface area contributed by atoms with Gasteiger partial charge in [0, 0.05) is 5.39 Å². The number of hydrogen-bond donors (Lipinski definition) is 1. The Morgan fingerprint density at radius 1 is 1.38 bits per heavy atom. The van der Waals surface area contributed by atoms with Crippen molar-refractivity contribution in [2.24, 2.45) is 0 Å². The molecule has 0 saturated carbocycles. The van der Waals surface area contributed by atoms with Crippen LogP contribution in [0.25, 0.3) is 16.2 Å². The van der Waals surface area contributed by atoms with Crippen molar-refractivity contribution in [2.45, 2.75) is 13.8 Å². The molecule has 0 aliphatic rings. The van der Waals surface area contributed by atoms with Crippen molar-refractivity contribution < 1.29 is 5.11 Å². The molecule has 1 aromatic carbocycles. The van der Waals surface area contributed by atoms with Gasteiger partial charge in [0.15, 0.2) is 0 Å². The Bertz CT molecular complexity index is 562. The van der Waals surface area contributed by atoms with E-state index in [9.17, 15) is 5.11 Å². The minimum absolute atomic E-state index is 0.288. The van der Waals surface area contributed by atoms with E-state index in [4.69, 9.17) is 0 Å². The van der Waals surface area contributed by atoms with Crippen LogP contribution in [0.1, 0.15) is 19.5 Å². The van der Waals surface area contributed by atoms with E-state index in [1.54, 1.807) is 12.1 Å². The van der Waals surface area contributed by atoms with E-state index >= 15 is 0 Å². The number of fused-ring (bicyclic) bond motifs is 1. The summed E-state index contributed by atoms with van der Waals surface area (Å²) in [6.45, 7) is 4.11. The Morgan fingerprint density at radius 2 is 2.19 bits per heavy atom. The van der Waals surface area contributed by atoms with E-state index in [-0.39, 0.29) is 5.75 Å². The average Bonchev–Trinajstić information content (AvgIpc) is 2.60. The van der Waals surface area contributed by atoms with Gasteiger partial charge in [0.2, 0.25) is 0 Å². The van der Waals surface area contributed by atoms with Gasteiger partial charge < -0.3 is 5.11 Å². The number of hydrogen-bond acceptors (Lipinski definition) is 3. The van der Waals surface area contributed by atoms with E-state index in [0.29, 0.717) is 0 Å². The van der Waals surface area contributed by atoms with Crippen LogP contribution >= 0.6 is 11.5 Å². The van der Waals surface area contributed by atoms with Crippen molar-refractivity contribution in [1.29, 1.82) is 0 Å². The van der Waals surface area contributed by atoms with E-state index in [1.807, 2.05) is 24.3 Å². The highest BCUT2D eigenvalue weighted by Gasteiger charge is 2.03. The van der Waals surface area contributed by atoms with Gasteiger partial charge in [0.05, 0.1) is 10.4 Å². The van der Waals surface area contributed by atoms with Gasteiger partial charge in [-0.25, -0.2) is 0 Å². The summed E-state index contributed by atoms with van der Waals surface area (Å²) in [5.41, 5.74) is 2.21. The first-order valence-electron chi connectivity index (χ1n) is 5.07. The normalized spacial score (nSPS) is 11.1. The van der Waals surface area contributed by atoms with Gasteiger partial charge in [-0.1, -0.05) is 17.7 Å². The van der Waals surface area contributed by atoms with Crippen LogP contribution in [0.5, 0.6) is 5.75 Å². The summed E-state index contributed by atoms with van der Waals surface area (Å²) in [5, 5.41) is 10.4. The van der Waals surface area contributed by atoms with Crippen LogP contribution in [0.15, 0.2) is 35.9 Å². The second-order valence-corrected chi connectivity index (χ2v) is 4.66. The molecule has 0 radical (unpaired) electrons. The third-order valence-electron chi connectivity index (χ3n) is 2.17. The van der Waals surface area contributed by atoms with Crippen molar-refractivity contribution in [3.63, 3.8) is 0 Å². The summed E-state index contributed by atoms with van der Waals surface area (Å²) in [5.74, 6) is 0.288. The average molecular weight is 231 g/mol. The number of aromatic hydroxyl groups is 1. The van der Waals surface area contributed by atoms with Gasteiger partial charge in [0.1, 0.15) is 5.75 Å². The van der Waals surface area contributed by atoms with Gasteiger partial charge in [-0.2, -0.15) is 4.37 Å². The molecule has 0 spiro atoms. The molecule has 0 amide bonds. The zero-order valence-electron chi connectivity index (χ0n) is 9.27. The highest BCUT2D eigenvalue weighted by molar-refractivity contribution is 7.13. The highest BCUT2D eigenvalue weighted by Crippen LogP contribution is 2.27. The van der Waals surface area contributed by atoms with Gasteiger partial charge in [-0.05, 0) is 49.7 Å². The Kier molecular flexibility index (Phi) is 3.06. The molecule has 16 heavy (non-hydrogen) atoms. The standard InChI is InChI=1S/C13H13NOS/c1-9(2)4-3-5-12-11-7-6-10(15)8-13(11)16-14-12/h3-8,15H,1-2H3/b5-3+. The molecule has 0 fully saturated rings. The number of allylic oxidation sites excluding steroid dienone is 3.